The Morgan fingerprint density at radius 1 is 1.09 bits per heavy atom. The lowest BCUT2D eigenvalue weighted by Gasteiger charge is -2.19. The van der Waals surface area contributed by atoms with Gasteiger partial charge >= 0.3 is 0 Å². The van der Waals surface area contributed by atoms with E-state index in [1.807, 2.05) is 36.4 Å². The fourth-order valence-electron chi connectivity index (χ4n) is 2.79. The van der Waals surface area contributed by atoms with Crippen LogP contribution in [0.15, 0.2) is 54.6 Å². The molecule has 120 valence electrons. The summed E-state index contributed by atoms with van der Waals surface area (Å²) in [5.74, 6) is -0.164. The molecule has 1 atom stereocenters. The summed E-state index contributed by atoms with van der Waals surface area (Å²) in [5.41, 5.74) is 1.77. The normalized spacial score (nSPS) is 15.2. The number of benzene rings is 2. The van der Waals surface area contributed by atoms with Gasteiger partial charge in [-0.3, -0.25) is 4.79 Å². The van der Waals surface area contributed by atoms with Crippen LogP contribution < -0.4 is 10.2 Å². The summed E-state index contributed by atoms with van der Waals surface area (Å²) in [4.78, 5) is 13.4. The number of halogens is 1. The highest BCUT2D eigenvalue weighted by Gasteiger charge is 2.34. The number of quaternary nitrogens is 1. The highest BCUT2D eigenvalue weighted by Crippen LogP contribution is 2.16. The van der Waals surface area contributed by atoms with Gasteiger partial charge in [-0.2, -0.15) is 0 Å². The number of carbonyl (C=O) groups is 1. The molecule has 0 radical (unpaired) electrons. The summed E-state index contributed by atoms with van der Waals surface area (Å²) in [7, 11) is 0. The van der Waals surface area contributed by atoms with E-state index < -0.39 is 0 Å². The Labute approximate surface area is 136 Å². The largest absolute Gasteiger partial charge is 0.347 e. The maximum Gasteiger partial charge on any atom is 0.275 e. The van der Waals surface area contributed by atoms with Crippen molar-refractivity contribution in [2.24, 2.45) is 0 Å². The lowest BCUT2D eigenvalue weighted by molar-refractivity contribution is -0.917. The lowest BCUT2D eigenvalue weighted by atomic mass is 10.2. The maximum absolute atomic E-state index is 13.8. The Morgan fingerprint density at radius 2 is 1.78 bits per heavy atom. The zero-order valence-electron chi connectivity index (χ0n) is 13.1. The SMILES string of the molecule is O=C(C[NH+](Cc1ccccc1F)C1CC1)NCc1ccccc1. The van der Waals surface area contributed by atoms with Gasteiger partial charge in [0.25, 0.3) is 5.91 Å². The van der Waals surface area contributed by atoms with E-state index in [0.29, 0.717) is 31.2 Å². The van der Waals surface area contributed by atoms with E-state index >= 15 is 0 Å². The van der Waals surface area contributed by atoms with Gasteiger partial charge in [0, 0.05) is 24.9 Å². The Morgan fingerprint density at radius 3 is 2.48 bits per heavy atom. The van der Waals surface area contributed by atoms with Crippen molar-refractivity contribution in [2.45, 2.75) is 32.0 Å². The summed E-state index contributed by atoms with van der Waals surface area (Å²) < 4.78 is 13.8. The molecule has 0 heterocycles. The lowest BCUT2D eigenvalue weighted by Crippen LogP contribution is -3.13. The number of carbonyl (C=O) groups excluding carboxylic acids is 1. The van der Waals surface area contributed by atoms with Gasteiger partial charge < -0.3 is 10.2 Å². The molecule has 1 unspecified atom stereocenters. The Bertz CT molecular complexity index is 655. The molecule has 2 N–H and O–H groups in total. The van der Waals surface area contributed by atoms with Crippen LogP contribution in [0, 0.1) is 5.82 Å². The summed E-state index contributed by atoms with van der Waals surface area (Å²) in [5, 5.41) is 2.96. The van der Waals surface area contributed by atoms with Crippen molar-refractivity contribution < 1.29 is 14.1 Å². The van der Waals surface area contributed by atoms with Crippen molar-refractivity contribution in [3.8, 4) is 0 Å². The van der Waals surface area contributed by atoms with E-state index in [9.17, 15) is 9.18 Å². The van der Waals surface area contributed by atoms with Crippen LogP contribution >= 0.6 is 0 Å². The fraction of sp³-hybridized carbons (Fsp3) is 0.316. The first-order valence-electron chi connectivity index (χ1n) is 8.11. The smallest absolute Gasteiger partial charge is 0.275 e. The second kappa shape index (κ2) is 7.38. The number of amides is 1. The molecule has 1 aliphatic rings. The number of hydrogen-bond acceptors (Lipinski definition) is 1. The first-order valence-corrected chi connectivity index (χ1v) is 8.11. The molecule has 3 nitrogen and oxygen atoms in total. The quantitative estimate of drug-likeness (QED) is 0.801. The molecule has 4 heteroatoms. The van der Waals surface area contributed by atoms with Gasteiger partial charge in [-0.1, -0.05) is 48.5 Å². The second-order valence-electron chi connectivity index (χ2n) is 6.14. The summed E-state index contributed by atoms with van der Waals surface area (Å²) in [6, 6.07) is 17.2. The van der Waals surface area contributed by atoms with Crippen LogP contribution in [0.5, 0.6) is 0 Å². The first kappa shape index (κ1) is 15.7. The molecule has 0 spiro atoms. The minimum Gasteiger partial charge on any atom is -0.347 e. The van der Waals surface area contributed by atoms with E-state index in [0.717, 1.165) is 23.3 Å². The summed E-state index contributed by atoms with van der Waals surface area (Å²) >= 11 is 0. The number of hydrogen-bond donors (Lipinski definition) is 2. The molecule has 0 bridgehead atoms. The Balaban J connectivity index is 1.55. The Hall–Kier alpha value is -2.20. The molecular formula is C19H22FN2O+. The van der Waals surface area contributed by atoms with Crippen LogP contribution in [0.3, 0.4) is 0 Å². The molecule has 23 heavy (non-hydrogen) atoms. The molecule has 0 saturated heterocycles. The minimum absolute atomic E-state index is 0.0205. The van der Waals surface area contributed by atoms with E-state index in [1.165, 1.54) is 6.07 Å². The van der Waals surface area contributed by atoms with Crippen LogP contribution in [-0.4, -0.2) is 18.5 Å². The minimum atomic E-state index is -0.185. The van der Waals surface area contributed by atoms with Crippen LogP contribution in [-0.2, 0) is 17.9 Å². The average molecular weight is 313 g/mol. The van der Waals surface area contributed by atoms with Gasteiger partial charge in [0.05, 0.1) is 6.04 Å². The van der Waals surface area contributed by atoms with Crippen LogP contribution in [0.25, 0.3) is 0 Å². The third kappa shape index (κ3) is 4.63. The molecule has 1 amide bonds. The van der Waals surface area contributed by atoms with Crippen LogP contribution in [0.2, 0.25) is 0 Å². The molecule has 3 rings (SSSR count). The van der Waals surface area contributed by atoms with E-state index in [2.05, 4.69) is 5.32 Å². The van der Waals surface area contributed by atoms with Gasteiger partial charge in [-0.05, 0) is 11.6 Å². The molecule has 0 aliphatic heterocycles. The molecule has 1 saturated carbocycles. The van der Waals surface area contributed by atoms with E-state index in [4.69, 9.17) is 0 Å². The van der Waals surface area contributed by atoms with E-state index in [-0.39, 0.29) is 11.7 Å². The van der Waals surface area contributed by atoms with Crippen molar-refractivity contribution in [1.82, 2.24) is 5.32 Å². The summed E-state index contributed by atoms with van der Waals surface area (Å²) in [6.07, 6.45) is 2.24. The fourth-order valence-corrected chi connectivity index (χ4v) is 2.79. The second-order valence-corrected chi connectivity index (χ2v) is 6.14. The van der Waals surface area contributed by atoms with Crippen molar-refractivity contribution in [3.63, 3.8) is 0 Å². The predicted molar refractivity (Wildman–Crippen MR) is 87.2 cm³/mol. The molecule has 0 aromatic heterocycles. The predicted octanol–water partition coefficient (Wildman–Crippen LogP) is 1.69. The number of nitrogens with one attached hydrogen (secondary N) is 2. The molecular weight excluding hydrogens is 291 g/mol. The van der Waals surface area contributed by atoms with Gasteiger partial charge in [-0.15, -0.1) is 0 Å². The van der Waals surface area contributed by atoms with Gasteiger partial charge in [0.1, 0.15) is 12.4 Å². The third-order valence-electron chi connectivity index (χ3n) is 4.25. The monoisotopic (exact) mass is 313 g/mol. The number of rotatable bonds is 7. The zero-order valence-corrected chi connectivity index (χ0v) is 13.1. The average Bonchev–Trinajstić information content (AvgIpc) is 3.40. The van der Waals surface area contributed by atoms with Crippen molar-refractivity contribution >= 4 is 5.91 Å². The highest BCUT2D eigenvalue weighted by atomic mass is 19.1. The molecule has 2 aromatic carbocycles. The van der Waals surface area contributed by atoms with Crippen molar-refractivity contribution in [3.05, 3.63) is 71.5 Å². The van der Waals surface area contributed by atoms with Crippen molar-refractivity contribution in [2.75, 3.05) is 6.54 Å². The maximum atomic E-state index is 13.8. The summed E-state index contributed by atoms with van der Waals surface area (Å²) in [6.45, 7) is 1.50. The van der Waals surface area contributed by atoms with Gasteiger partial charge in [0.2, 0.25) is 0 Å². The first-order chi connectivity index (χ1) is 11.2. The van der Waals surface area contributed by atoms with Gasteiger partial charge in [0.15, 0.2) is 6.54 Å². The molecule has 1 aliphatic carbocycles. The Kier molecular flexibility index (Phi) is 5.03. The van der Waals surface area contributed by atoms with Gasteiger partial charge in [-0.25, -0.2) is 4.39 Å². The van der Waals surface area contributed by atoms with Crippen LogP contribution in [0.1, 0.15) is 24.0 Å². The van der Waals surface area contributed by atoms with E-state index in [1.54, 1.807) is 12.1 Å². The van der Waals surface area contributed by atoms with Crippen LogP contribution in [0.4, 0.5) is 4.39 Å². The topological polar surface area (TPSA) is 33.5 Å². The molecule has 1 fully saturated rings. The standard InChI is InChI=1S/C19H21FN2O/c20-18-9-5-4-8-16(18)13-22(17-10-11-17)14-19(23)21-12-15-6-2-1-3-7-15/h1-9,17H,10-14H2,(H,21,23)/p+1. The van der Waals surface area contributed by atoms with Crippen molar-refractivity contribution in [1.29, 1.82) is 0 Å². The third-order valence-corrected chi connectivity index (χ3v) is 4.25. The highest BCUT2D eigenvalue weighted by molar-refractivity contribution is 5.76. The molecule has 2 aromatic rings. The zero-order chi connectivity index (χ0) is 16.1.